The van der Waals surface area contributed by atoms with Crippen LogP contribution in [0.1, 0.15) is 30.7 Å². The van der Waals surface area contributed by atoms with Gasteiger partial charge in [0.2, 0.25) is 5.88 Å². The molecule has 0 atom stereocenters. The first-order valence-corrected chi connectivity index (χ1v) is 9.33. The van der Waals surface area contributed by atoms with E-state index in [1.54, 1.807) is 12.1 Å². The predicted octanol–water partition coefficient (Wildman–Crippen LogP) is 5.11. The van der Waals surface area contributed by atoms with E-state index in [1.807, 2.05) is 26.0 Å². The quantitative estimate of drug-likeness (QED) is 0.404. The first kappa shape index (κ1) is 19.9. The normalized spacial score (nSPS) is 11.2. The summed E-state index contributed by atoms with van der Waals surface area (Å²) in [5.74, 6) is 0.900. The smallest absolute Gasteiger partial charge is 0.299 e. The number of fused-ring (bicyclic) bond motifs is 1. The molecule has 0 aliphatic rings. The van der Waals surface area contributed by atoms with E-state index in [4.69, 9.17) is 21.2 Å². The molecule has 2 aromatic heterocycles. The molecule has 2 heterocycles. The van der Waals surface area contributed by atoms with Crippen LogP contribution in [0.3, 0.4) is 0 Å². The Morgan fingerprint density at radius 2 is 1.93 bits per heavy atom. The molecule has 148 valence electrons. The third kappa shape index (κ3) is 4.04. The summed E-state index contributed by atoms with van der Waals surface area (Å²) >= 11 is 5.93. The maximum absolute atomic E-state index is 10.9. The Bertz CT molecular complexity index is 1010. The first-order chi connectivity index (χ1) is 13.3. The lowest BCUT2D eigenvalue weighted by atomic mass is 10.2. The Morgan fingerprint density at radius 3 is 2.54 bits per heavy atom. The van der Waals surface area contributed by atoms with E-state index < -0.39 is 5.09 Å². The number of aryl methyl sites for hydroxylation is 1. The summed E-state index contributed by atoms with van der Waals surface area (Å²) in [7, 11) is 0. The molecule has 0 spiro atoms. The zero-order valence-electron chi connectivity index (χ0n) is 16.2. The van der Waals surface area contributed by atoms with Crippen molar-refractivity contribution in [1.82, 2.24) is 9.55 Å². The largest absolute Gasteiger partial charge is 0.471 e. The third-order valence-electron chi connectivity index (χ3n) is 4.59. The molecule has 0 aliphatic carbocycles. The number of benzene rings is 1. The van der Waals surface area contributed by atoms with Gasteiger partial charge in [-0.3, -0.25) is 4.84 Å². The van der Waals surface area contributed by atoms with Crippen LogP contribution in [0.4, 0.5) is 0 Å². The van der Waals surface area contributed by atoms with Crippen LogP contribution in [0.15, 0.2) is 30.5 Å². The van der Waals surface area contributed by atoms with Crippen molar-refractivity contribution >= 4 is 22.5 Å². The Balaban J connectivity index is 2.09. The highest BCUT2D eigenvalue weighted by Gasteiger charge is 2.22. The van der Waals surface area contributed by atoms with Crippen molar-refractivity contribution in [3.8, 4) is 11.6 Å². The summed E-state index contributed by atoms with van der Waals surface area (Å²) in [4.78, 5) is 20.0. The SMILES string of the molecule is Cc1c(C)n(CC(C)C)c2c(OCc3ccc(Cl)cc3)ncc(O[N+](=O)[O-])c12. The lowest BCUT2D eigenvalue weighted by molar-refractivity contribution is -0.710. The molecular weight excluding hydrogens is 382 g/mol. The molecule has 3 rings (SSSR count). The van der Waals surface area contributed by atoms with Gasteiger partial charge in [-0.25, -0.2) is 4.98 Å². The highest BCUT2D eigenvalue weighted by atomic mass is 35.5. The number of halogens is 1. The predicted molar refractivity (Wildman–Crippen MR) is 107 cm³/mol. The monoisotopic (exact) mass is 403 g/mol. The summed E-state index contributed by atoms with van der Waals surface area (Å²) in [6.45, 7) is 9.16. The molecule has 8 heteroatoms. The maximum Gasteiger partial charge on any atom is 0.299 e. The first-order valence-electron chi connectivity index (χ1n) is 8.96. The van der Waals surface area contributed by atoms with Crippen molar-refractivity contribution in [3.63, 3.8) is 0 Å². The van der Waals surface area contributed by atoms with Gasteiger partial charge >= 0.3 is 0 Å². The van der Waals surface area contributed by atoms with Crippen LogP contribution in [0, 0.1) is 29.9 Å². The highest BCUT2D eigenvalue weighted by molar-refractivity contribution is 6.30. The summed E-state index contributed by atoms with van der Waals surface area (Å²) in [6.07, 6.45) is 1.34. The number of hydrogen-bond acceptors (Lipinski definition) is 5. The molecule has 0 amide bonds. The van der Waals surface area contributed by atoms with Crippen molar-refractivity contribution in [1.29, 1.82) is 0 Å². The molecule has 0 radical (unpaired) electrons. The Kier molecular flexibility index (Phi) is 5.74. The van der Waals surface area contributed by atoms with Gasteiger partial charge in [-0.15, -0.1) is 10.1 Å². The minimum atomic E-state index is -0.820. The van der Waals surface area contributed by atoms with Crippen LogP contribution in [-0.2, 0) is 13.2 Å². The van der Waals surface area contributed by atoms with Gasteiger partial charge in [0, 0.05) is 22.6 Å². The fraction of sp³-hybridized carbons (Fsp3) is 0.350. The van der Waals surface area contributed by atoms with E-state index in [2.05, 4.69) is 23.4 Å². The zero-order chi connectivity index (χ0) is 20.4. The molecule has 0 saturated carbocycles. The van der Waals surface area contributed by atoms with E-state index in [-0.39, 0.29) is 5.75 Å². The topological polar surface area (TPSA) is 79.4 Å². The van der Waals surface area contributed by atoms with E-state index in [0.717, 1.165) is 23.4 Å². The molecule has 28 heavy (non-hydrogen) atoms. The van der Waals surface area contributed by atoms with E-state index in [0.29, 0.717) is 34.3 Å². The number of hydrogen-bond donors (Lipinski definition) is 0. The summed E-state index contributed by atoms with van der Waals surface area (Å²) in [6, 6.07) is 7.36. The molecule has 7 nitrogen and oxygen atoms in total. The second-order valence-corrected chi connectivity index (χ2v) is 7.53. The van der Waals surface area contributed by atoms with Crippen molar-refractivity contribution in [2.75, 3.05) is 0 Å². The number of rotatable bonds is 7. The average molecular weight is 404 g/mol. The number of aromatic nitrogens is 2. The van der Waals surface area contributed by atoms with Gasteiger partial charge in [0.15, 0.2) is 5.75 Å². The van der Waals surface area contributed by atoms with Gasteiger partial charge < -0.3 is 9.30 Å². The van der Waals surface area contributed by atoms with E-state index in [9.17, 15) is 10.1 Å². The second-order valence-electron chi connectivity index (χ2n) is 7.10. The average Bonchev–Trinajstić information content (AvgIpc) is 2.87. The molecule has 0 unspecified atom stereocenters. The van der Waals surface area contributed by atoms with Gasteiger partial charge in [-0.2, -0.15) is 0 Å². The van der Waals surface area contributed by atoms with E-state index >= 15 is 0 Å². The standard InChI is InChI=1S/C20H22ClN3O4/c1-12(2)10-23-14(4)13(3)18-17(28-24(25)26)9-22-20(19(18)23)27-11-15-5-7-16(21)8-6-15/h5-9,12H,10-11H2,1-4H3. The van der Waals surface area contributed by atoms with Crippen LogP contribution in [0.25, 0.3) is 10.9 Å². The van der Waals surface area contributed by atoms with Crippen LogP contribution in [-0.4, -0.2) is 14.6 Å². The number of ether oxygens (including phenoxy) is 1. The molecule has 3 aromatic rings. The summed E-state index contributed by atoms with van der Waals surface area (Å²) in [5.41, 5.74) is 3.56. The summed E-state index contributed by atoms with van der Waals surface area (Å²) in [5, 5.41) is 11.4. The maximum atomic E-state index is 10.9. The van der Waals surface area contributed by atoms with Crippen LogP contribution in [0.2, 0.25) is 5.02 Å². The minimum Gasteiger partial charge on any atom is -0.471 e. The highest BCUT2D eigenvalue weighted by Crippen LogP contribution is 2.38. The molecule has 0 aliphatic heterocycles. The molecule has 0 N–H and O–H groups in total. The van der Waals surface area contributed by atoms with Crippen molar-refractivity contribution in [2.24, 2.45) is 5.92 Å². The van der Waals surface area contributed by atoms with Crippen molar-refractivity contribution < 1.29 is 14.7 Å². The zero-order valence-corrected chi connectivity index (χ0v) is 17.0. The van der Waals surface area contributed by atoms with E-state index in [1.165, 1.54) is 6.20 Å². The van der Waals surface area contributed by atoms with Crippen LogP contribution < -0.4 is 9.57 Å². The van der Waals surface area contributed by atoms with Gasteiger partial charge in [-0.1, -0.05) is 37.6 Å². The van der Waals surface area contributed by atoms with Gasteiger partial charge in [0.05, 0.1) is 6.20 Å². The lowest BCUT2D eigenvalue weighted by Gasteiger charge is -2.14. The van der Waals surface area contributed by atoms with Crippen molar-refractivity contribution in [3.05, 3.63) is 62.4 Å². The second kappa shape index (κ2) is 8.06. The fourth-order valence-electron chi connectivity index (χ4n) is 3.21. The number of pyridine rings is 1. The Labute approximate surface area is 168 Å². The molecule has 0 fully saturated rings. The van der Waals surface area contributed by atoms with Gasteiger partial charge in [0.1, 0.15) is 12.1 Å². The third-order valence-corrected chi connectivity index (χ3v) is 4.84. The molecular formula is C20H22ClN3O4. The Morgan fingerprint density at radius 1 is 1.25 bits per heavy atom. The Hall–Kier alpha value is -2.80. The van der Waals surface area contributed by atoms with Gasteiger partial charge in [0.25, 0.3) is 5.09 Å². The number of nitrogens with zero attached hydrogens (tertiary/aromatic N) is 3. The minimum absolute atomic E-state index is 0.113. The summed E-state index contributed by atoms with van der Waals surface area (Å²) < 4.78 is 8.08. The van der Waals surface area contributed by atoms with Crippen molar-refractivity contribution in [2.45, 2.75) is 40.8 Å². The molecule has 0 bridgehead atoms. The molecule has 1 aromatic carbocycles. The van der Waals surface area contributed by atoms with Crippen LogP contribution >= 0.6 is 11.6 Å². The fourth-order valence-corrected chi connectivity index (χ4v) is 3.34. The molecule has 0 saturated heterocycles. The van der Waals surface area contributed by atoms with Gasteiger partial charge in [-0.05, 0) is 43.0 Å². The van der Waals surface area contributed by atoms with Crippen LogP contribution in [0.5, 0.6) is 11.6 Å². The lowest BCUT2D eigenvalue weighted by Crippen LogP contribution is -2.09.